The third-order valence-corrected chi connectivity index (χ3v) is 5.08. The third kappa shape index (κ3) is 3.35. The first-order valence-electron chi connectivity index (χ1n) is 8.25. The highest BCUT2D eigenvalue weighted by atomic mass is 35.5. The molecule has 0 aromatic carbocycles. The van der Waals surface area contributed by atoms with Crippen LogP contribution in [-0.2, 0) is 6.54 Å². The summed E-state index contributed by atoms with van der Waals surface area (Å²) in [6.45, 7) is 0.799. The zero-order valence-electron chi connectivity index (χ0n) is 12.9. The minimum Gasteiger partial charge on any atom is -0.391 e. The zero-order valence-corrected chi connectivity index (χ0v) is 13.7. The van der Waals surface area contributed by atoms with Crippen molar-refractivity contribution in [3.8, 4) is 0 Å². The number of rotatable bonds is 5. The van der Waals surface area contributed by atoms with Crippen molar-refractivity contribution in [2.24, 2.45) is 5.92 Å². The molecule has 0 aliphatic heterocycles. The van der Waals surface area contributed by atoms with Gasteiger partial charge in [-0.05, 0) is 49.1 Å². The van der Waals surface area contributed by atoms with Crippen molar-refractivity contribution in [3.63, 3.8) is 0 Å². The Labute approximate surface area is 140 Å². The van der Waals surface area contributed by atoms with Crippen LogP contribution in [0.25, 0.3) is 0 Å². The van der Waals surface area contributed by atoms with Gasteiger partial charge in [0, 0.05) is 30.8 Å². The van der Waals surface area contributed by atoms with Crippen LogP contribution in [0, 0.1) is 5.92 Å². The molecule has 3 atom stereocenters. The Hall–Kier alpha value is -1.59. The number of nitrogens with one attached hydrogen (secondary N) is 1. The molecule has 2 N–H and O–H groups in total. The highest BCUT2D eigenvalue weighted by Crippen LogP contribution is 2.43. The number of anilines is 1. The molecule has 0 radical (unpaired) electrons. The van der Waals surface area contributed by atoms with E-state index >= 15 is 0 Å². The van der Waals surface area contributed by atoms with Crippen LogP contribution in [0.2, 0.25) is 5.02 Å². The average Bonchev–Trinajstić information content (AvgIpc) is 3.22. The molecule has 1 unspecified atom stereocenters. The van der Waals surface area contributed by atoms with E-state index in [1.54, 1.807) is 6.20 Å². The molecular formula is C17H21ClN4O. The van der Waals surface area contributed by atoms with E-state index in [-0.39, 0.29) is 12.1 Å². The number of halogens is 1. The lowest BCUT2D eigenvalue weighted by molar-refractivity contribution is 0.166. The van der Waals surface area contributed by atoms with Crippen molar-refractivity contribution in [3.05, 3.63) is 41.4 Å². The Kier molecular flexibility index (Phi) is 3.99. The molecule has 2 fully saturated rings. The Bertz CT molecular complexity index is 685. The average molecular weight is 333 g/mol. The Morgan fingerprint density at radius 1 is 1.30 bits per heavy atom. The van der Waals surface area contributed by atoms with Crippen LogP contribution in [0.5, 0.6) is 0 Å². The monoisotopic (exact) mass is 332 g/mol. The molecule has 2 aliphatic rings. The van der Waals surface area contributed by atoms with E-state index in [4.69, 9.17) is 11.6 Å². The van der Waals surface area contributed by atoms with Gasteiger partial charge in [0.25, 0.3) is 0 Å². The van der Waals surface area contributed by atoms with Gasteiger partial charge in [-0.25, -0.2) is 0 Å². The van der Waals surface area contributed by atoms with Gasteiger partial charge in [0.05, 0.1) is 23.4 Å². The summed E-state index contributed by atoms with van der Waals surface area (Å²) in [5.74, 6) is 1.05. The van der Waals surface area contributed by atoms with Crippen molar-refractivity contribution in [2.45, 2.75) is 50.3 Å². The van der Waals surface area contributed by atoms with E-state index < -0.39 is 0 Å². The number of pyridine rings is 1. The van der Waals surface area contributed by atoms with Gasteiger partial charge >= 0.3 is 0 Å². The molecule has 5 nitrogen and oxygen atoms in total. The highest BCUT2D eigenvalue weighted by Gasteiger charge is 2.34. The fourth-order valence-electron chi connectivity index (χ4n) is 3.58. The molecule has 122 valence electrons. The Balaban J connectivity index is 1.42. The van der Waals surface area contributed by atoms with Crippen molar-refractivity contribution in [1.29, 1.82) is 0 Å². The van der Waals surface area contributed by atoms with E-state index in [0.717, 1.165) is 25.1 Å². The smallest absolute Gasteiger partial charge is 0.0785 e. The van der Waals surface area contributed by atoms with Crippen LogP contribution in [0.3, 0.4) is 0 Å². The normalized spacial score (nSPS) is 27.3. The van der Waals surface area contributed by atoms with Crippen LogP contribution in [0.4, 0.5) is 5.69 Å². The molecule has 2 aromatic rings. The number of nitrogens with zero attached hydrogens (tertiary/aromatic N) is 3. The lowest BCUT2D eigenvalue weighted by atomic mass is 10.1. The van der Waals surface area contributed by atoms with Gasteiger partial charge in [0.1, 0.15) is 0 Å². The van der Waals surface area contributed by atoms with E-state index in [0.29, 0.717) is 16.9 Å². The first kappa shape index (κ1) is 15.0. The summed E-state index contributed by atoms with van der Waals surface area (Å²) in [5.41, 5.74) is 2.43. The number of aliphatic hydroxyl groups is 1. The summed E-state index contributed by atoms with van der Waals surface area (Å²) < 4.78 is 1.87. The maximum atomic E-state index is 10.4. The second-order valence-corrected chi connectivity index (χ2v) is 7.21. The zero-order chi connectivity index (χ0) is 15.8. The molecule has 6 heteroatoms. The van der Waals surface area contributed by atoms with Crippen LogP contribution >= 0.6 is 11.6 Å². The predicted molar refractivity (Wildman–Crippen MR) is 89.6 cm³/mol. The third-order valence-electron chi connectivity index (χ3n) is 4.88. The molecule has 2 aromatic heterocycles. The van der Waals surface area contributed by atoms with Crippen molar-refractivity contribution in [2.75, 3.05) is 5.32 Å². The van der Waals surface area contributed by atoms with Gasteiger partial charge in [0.15, 0.2) is 0 Å². The van der Waals surface area contributed by atoms with Gasteiger partial charge in [-0.2, -0.15) is 5.10 Å². The summed E-state index contributed by atoms with van der Waals surface area (Å²) in [7, 11) is 0. The SMILES string of the molecule is O[C@@H]1CC(Cn2cc(Cl)cn2)C[C@H]1Nc1ccncc1C1CC1. The summed E-state index contributed by atoms with van der Waals surface area (Å²) in [6, 6.07) is 2.12. The molecule has 23 heavy (non-hydrogen) atoms. The molecule has 0 bridgehead atoms. The van der Waals surface area contributed by atoms with E-state index in [1.807, 2.05) is 29.3 Å². The first-order chi connectivity index (χ1) is 11.2. The molecule has 2 heterocycles. The van der Waals surface area contributed by atoms with E-state index in [9.17, 15) is 5.11 Å². The van der Waals surface area contributed by atoms with E-state index in [2.05, 4.69) is 15.4 Å². The van der Waals surface area contributed by atoms with Crippen molar-refractivity contribution in [1.82, 2.24) is 14.8 Å². The van der Waals surface area contributed by atoms with Crippen molar-refractivity contribution < 1.29 is 5.11 Å². The summed E-state index contributed by atoms with van der Waals surface area (Å²) >= 11 is 5.91. The summed E-state index contributed by atoms with van der Waals surface area (Å²) in [5, 5.41) is 18.9. The van der Waals surface area contributed by atoms with Crippen molar-refractivity contribution >= 4 is 17.3 Å². The van der Waals surface area contributed by atoms with Gasteiger partial charge < -0.3 is 10.4 Å². The molecule has 0 amide bonds. The Morgan fingerprint density at radius 3 is 2.91 bits per heavy atom. The van der Waals surface area contributed by atoms with Gasteiger partial charge in [-0.3, -0.25) is 9.67 Å². The molecule has 0 spiro atoms. The first-order valence-corrected chi connectivity index (χ1v) is 8.63. The molecular weight excluding hydrogens is 312 g/mol. The summed E-state index contributed by atoms with van der Waals surface area (Å²) in [6.07, 6.45) is 11.2. The maximum Gasteiger partial charge on any atom is 0.0785 e. The number of aromatic nitrogens is 3. The van der Waals surface area contributed by atoms with E-state index in [1.165, 1.54) is 18.4 Å². The number of hydrogen-bond acceptors (Lipinski definition) is 4. The largest absolute Gasteiger partial charge is 0.391 e. The van der Waals surface area contributed by atoms with Gasteiger partial charge in [-0.1, -0.05) is 11.6 Å². The standard InChI is InChI=1S/C17H21ClN4O/c18-13-7-20-22(10-13)9-11-5-16(17(23)6-11)21-15-3-4-19-8-14(15)12-1-2-12/h3-4,7-8,10-12,16-17,23H,1-2,5-6,9H2,(H,19,21)/t11?,16-,17-/m1/s1. The maximum absolute atomic E-state index is 10.4. The second kappa shape index (κ2) is 6.13. The molecule has 4 rings (SSSR count). The van der Waals surface area contributed by atoms with Gasteiger partial charge in [0.2, 0.25) is 0 Å². The number of aliphatic hydroxyl groups excluding tert-OH is 1. The Morgan fingerprint density at radius 2 is 2.17 bits per heavy atom. The summed E-state index contributed by atoms with van der Waals surface area (Å²) in [4.78, 5) is 4.25. The van der Waals surface area contributed by atoms with Crippen LogP contribution < -0.4 is 5.32 Å². The fraction of sp³-hybridized carbons (Fsp3) is 0.529. The van der Waals surface area contributed by atoms with Gasteiger partial charge in [-0.15, -0.1) is 0 Å². The topological polar surface area (TPSA) is 63.0 Å². The fourth-order valence-corrected chi connectivity index (χ4v) is 3.74. The van der Waals surface area contributed by atoms with Crippen LogP contribution in [0.1, 0.15) is 37.2 Å². The number of hydrogen-bond donors (Lipinski definition) is 2. The molecule has 2 saturated carbocycles. The quantitative estimate of drug-likeness (QED) is 0.883. The lowest BCUT2D eigenvalue weighted by Crippen LogP contribution is -2.28. The molecule has 0 saturated heterocycles. The second-order valence-electron chi connectivity index (χ2n) is 6.77. The highest BCUT2D eigenvalue weighted by molar-refractivity contribution is 6.30. The van der Waals surface area contributed by atoms with Crippen LogP contribution in [0.15, 0.2) is 30.9 Å². The lowest BCUT2D eigenvalue weighted by Gasteiger charge is -2.20. The predicted octanol–water partition coefficient (Wildman–Crippen LogP) is 3.06. The van der Waals surface area contributed by atoms with Crippen LogP contribution in [-0.4, -0.2) is 32.0 Å². The molecule has 2 aliphatic carbocycles. The minimum absolute atomic E-state index is 0.0888. The minimum atomic E-state index is -0.328.